The number of anilines is 1. The van der Waals surface area contributed by atoms with E-state index >= 15 is 0 Å². The van der Waals surface area contributed by atoms with Crippen LogP contribution < -0.4 is 15.8 Å². The van der Waals surface area contributed by atoms with Crippen LogP contribution in [-0.2, 0) is 0 Å². The normalized spacial score (nSPS) is 10.0. The molecule has 0 saturated carbocycles. The number of hydrogen-bond acceptors (Lipinski definition) is 3. The summed E-state index contributed by atoms with van der Waals surface area (Å²) in [6.45, 7) is 0. The summed E-state index contributed by atoms with van der Waals surface area (Å²) in [5.41, 5.74) is 5.36. The maximum absolute atomic E-state index is 13.7. The highest BCUT2D eigenvalue weighted by molar-refractivity contribution is 6.06. The number of ether oxygens (including phenoxy) is 1. The first-order chi connectivity index (χ1) is 10.0. The van der Waals surface area contributed by atoms with Crippen LogP contribution in [0.2, 0.25) is 0 Å². The van der Waals surface area contributed by atoms with Crippen molar-refractivity contribution in [3.8, 4) is 5.75 Å². The van der Waals surface area contributed by atoms with Crippen molar-refractivity contribution in [1.82, 2.24) is 0 Å². The Morgan fingerprint density at radius 1 is 1.19 bits per heavy atom. The molecule has 0 atom stereocenters. The molecule has 108 valence electrons. The molecule has 0 aromatic heterocycles. The SMILES string of the molecule is COc1ccccc1C(=O)Nc1cc(C(N)=O)ccc1F. The summed E-state index contributed by atoms with van der Waals surface area (Å²) in [5, 5.41) is 2.39. The molecular weight excluding hydrogens is 275 g/mol. The lowest BCUT2D eigenvalue weighted by Gasteiger charge is -2.10. The molecule has 2 rings (SSSR count). The number of carbonyl (C=O) groups excluding carboxylic acids is 2. The van der Waals surface area contributed by atoms with Gasteiger partial charge in [-0.3, -0.25) is 9.59 Å². The Morgan fingerprint density at radius 2 is 1.90 bits per heavy atom. The summed E-state index contributed by atoms with van der Waals surface area (Å²) < 4.78 is 18.8. The molecule has 2 aromatic carbocycles. The molecule has 0 aliphatic carbocycles. The van der Waals surface area contributed by atoms with Crippen LogP contribution in [0.15, 0.2) is 42.5 Å². The van der Waals surface area contributed by atoms with Crippen LogP contribution in [0, 0.1) is 5.82 Å². The summed E-state index contributed by atoms with van der Waals surface area (Å²) in [7, 11) is 1.43. The summed E-state index contributed by atoms with van der Waals surface area (Å²) >= 11 is 0. The zero-order valence-electron chi connectivity index (χ0n) is 11.2. The van der Waals surface area contributed by atoms with Gasteiger partial charge in [0.15, 0.2) is 0 Å². The smallest absolute Gasteiger partial charge is 0.259 e. The molecule has 0 spiro atoms. The topological polar surface area (TPSA) is 81.4 Å². The minimum absolute atomic E-state index is 0.103. The maximum atomic E-state index is 13.7. The predicted octanol–water partition coefficient (Wildman–Crippen LogP) is 2.19. The van der Waals surface area contributed by atoms with Crippen LogP contribution in [0.1, 0.15) is 20.7 Å². The molecule has 2 aromatic rings. The van der Waals surface area contributed by atoms with Crippen LogP contribution >= 0.6 is 0 Å². The van der Waals surface area contributed by atoms with Crippen LogP contribution in [-0.4, -0.2) is 18.9 Å². The number of methoxy groups -OCH3 is 1. The molecule has 2 amide bonds. The van der Waals surface area contributed by atoms with Gasteiger partial charge < -0.3 is 15.8 Å². The summed E-state index contributed by atoms with van der Waals surface area (Å²) in [4.78, 5) is 23.2. The molecule has 0 radical (unpaired) electrons. The van der Waals surface area contributed by atoms with E-state index in [-0.39, 0.29) is 16.8 Å². The fourth-order valence-corrected chi connectivity index (χ4v) is 1.80. The third kappa shape index (κ3) is 3.17. The molecule has 0 saturated heterocycles. The van der Waals surface area contributed by atoms with Crippen molar-refractivity contribution in [3.05, 3.63) is 59.4 Å². The maximum Gasteiger partial charge on any atom is 0.259 e. The number of hydrogen-bond donors (Lipinski definition) is 2. The quantitative estimate of drug-likeness (QED) is 0.904. The second-order valence-electron chi connectivity index (χ2n) is 4.21. The number of nitrogens with two attached hydrogens (primary N) is 1. The number of halogens is 1. The lowest BCUT2D eigenvalue weighted by Crippen LogP contribution is -2.16. The number of rotatable bonds is 4. The minimum atomic E-state index is -0.706. The summed E-state index contributed by atoms with van der Waals surface area (Å²) in [5.74, 6) is -1.56. The van der Waals surface area contributed by atoms with E-state index in [0.29, 0.717) is 5.75 Å². The van der Waals surface area contributed by atoms with Crippen molar-refractivity contribution in [2.45, 2.75) is 0 Å². The van der Waals surface area contributed by atoms with Gasteiger partial charge in [0.1, 0.15) is 11.6 Å². The average Bonchev–Trinajstić information content (AvgIpc) is 2.49. The Morgan fingerprint density at radius 3 is 2.57 bits per heavy atom. The number of nitrogens with one attached hydrogen (secondary N) is 1. The molecule has 5 nitrogen and oxygen atoms in total. The van der Waals surface area contributed by atoms with Crippen molar-refractivity contribution in [2.24, 2.45) is 5.73 Å². The standard InChI is InChI=1S/C15H13FN2O3/c1-21-13-5-3-2-4-10(13)15(20)18-12-8-9(14(17)19)6-7-11(12)16/h2-8H,1H3,(H2,17,19)(H,18,20). The molecular formula is C15H13FN2O3. The molecule has 0 aliphatic rings. The molecule has 3 N–H and O–H groups in total. The third-order valence-corrected chi connectivity index (χ3v) is 2.85. The summed E-state index contributed by atoms with van der Waals surface area (Å²) in [6, 6.07) is 10.0. The third-order valence-electron chi connectivity index (χ3n) is 2.85. The highest BCUT2D eigenvalue weighted by atomic mass is 19.1. The number of para-hydroxylation sites is 1. The number of amides is 2. The van der Waals surface area contributed by atoms with E-state index in [1.54, 1.807) is 24.3 Å². The minimum Gasteiger partial charge on any atom is -0.496 e. The molecule has 0 bridgehead atoms. The van der Waals surface area contributed by atoms with Gasteiger partial charge in [0.25, 0.3) is 5.91 Å². The largest absolute Gasteiger partial charge is 0.496 e. The zero-order chi connectivity index (χ0) is 15.4. The monoisotopic (exact) mass is 288 g/mol. The second kappa shape index (κ2) is 6.04. The molecule has 21 heavy (non-hydrogen) atoms. The van der Waals surface area contributed by atoms with Crippen molar-refractivity contribution in [2.75, 3.05) is 12.4 Å². The Kier molecular flexibility index (Phi) is 4.18. The van der Waals surface area contributed by atoms with Crippen LogP contribution in [0.3, 0.4) is 0 Å². The van der Waals surface area contributed by atoms with Gasteiger partial charge in [-0.15, -0.1) is 0 Å². The van der Waals surface area contributed by atoms with Crippen molar-refractivity contribution < 1.29 is 18.7 Å². The van der Waals surface area contributed by atoms with E-state index < -0.39 is 17.6 Å². The highest BCUT2D eigenvalue weighted by Crippen LogP contribution is 2.21. The van der Waals surface area contributed by atoms with Gasteiger partial charge in [0.05, 0.1) is 18.4 Å². The molecule has 0 heterocycles. The molecule has 6 heteroatoms. The van der Waals surface area contributed by atoms with E-state index in [1.165, 1.54) is 19.2 Å². The zero-order valence-corrected chi connectivity index (χ0v) is 11.2. The molecule has 0 unspecified atom stereocenters. The fourth-order valence-electron chi connectivity index (χ4n) is 1.80. The number of benzene rings is 2. The van der Waals surface area contributed by atoms with E-state index in [1.807, 2.05) is 0 Å². The van der Waals surface area contributed by atoms with Gasteiger partial charge in [-0.2, -0.15) is 0 Å². The number of primary amides is 1. The first-order valence-electron chi connectivity index (χ1n) is 6.06. The first-order valence-corrected chi connectivity index (χ1v) is 6.06. The summed E-state index contributed by atoms with van der Waals surface area (Å²) in [6.07, 6.45) is 0. The van der Waals surface area contributed by atoms with Crippen molar-refractivity contribution in [1.29, 1.82) is 0 Å². The molecule has 0 fully saturated rings. The van der Waals surface area contributed by atoms with E-state index in [2.05, 4.69) is 5.32 Å². The lowest BCUT2D eigenvalue weighted by molar-refractivity contribution is 0.0995. The Balaban J connectivity index is 2.31. The van der Waals surface area contributed by atoms with Crippen LogP contribution in [0.5, 0.6) is 5.75 Å². The van der Waals surface area contributed by atoms with Gasteiger partial charge in [-0.1, -0.05) is 12.1 Å². The molecule has 0 aliphatic heterocycles. The van der Waals surface area contributed by atoms with Gasteiger partial charge in [-0.25, -0.2) is 4.39 Å². The Bertz CT molecular complexity index is 701. The van der Waals surface area contributed by atoms with E-state index in [4.69, 9.17) is 10.5 Å². The van der Waals surface area contributed by atoms with Gasteiger partial charge in [0, 0.05) is 5.56 Å². The van der Waals surface area contributed by atoms with Crippen molar-refractivity contribution in [3.63, 3.8) is 0 Å². The predicted molar refractivity (Wildman–Crippen MR) is 75.9 cm³/mol. The number of carbonyl (C=O) groups is 2. The van der Waals surface area contributed by atoms with E-state index in [0.717, 1.165) is 6.07 Å². The Labute approximate surface area is 120 Å². The van der Waals surface area contributed by atoms with Crippen LogP contribution in [0.4, 0.5) is 10.1 Å². The Hall–Kier alpha value is -2.89. The average molecular weight is 288 g/mol. The van der Waals surface area contributed by atoms with E-state index in [9.17, 15) is 14.0 Å². The van der Waals surface area contributed by atoms with Gasteiger partial charge in [0.2, 0.25) is 5.91 Å². The van der Waals surface area contributed by atoms with Gasteiger partial charge in [-0.05, 0) is 30.3 Å². The fraction of sp³-hybridized carbons (Fsp3) is 0.0667. The van der Waals surface area contributed by atoms with Crippen LogP contribution in [0.25, 0.3) is 0 Å². The highest BCUT2D eigenvalue weighted by Gasteiger charge is 2.14. The van der Waals surface area contributed by atoms with Crippen molar-refractivity contribution >= 4 is 17.5 Å². The lowest BCUT2D eigenvalue weighted by atomic mass is 10.1. The first kappa shape index (κ1) is 14.5. The van der Waals surface area contributed by atoms with Gasteiger partial charge >= 0.3 is 0 Å². The second-order valence-corrected chi connectivity index (χ2v) is 4.21.